The Labute approximate surface area is 94.2 Å². The first-order chi connectivity index (χ1) is 7.15. The second-order valence-corrected chi connectivity index (χ2v) is 4.29. The maximum absolute atomic E-state index is 5.81. The van der Waals surface area contributed by atoms with Crippen molar-refractivity contribution in [1.82, 2.24) is 10.2 Å². The number of nitrogens with zero attached hydrogens (tertiary/aromatic N) is 3. The van der Waals surface area contributed by atoms with Crippen LogP contribution in [-0.4, -0.2) is 35.5 Å². The highest BCUT2D eigenvalue weighted by atomic mass is 35.5. The van der Waals surface area contributed by atoms with Gasteiger partial charge in [0.25, 0.3) is 0 Å². The lowest BCUT2D eigenvalue weighted by molar-refractivity contribution is -0.00524. The molecule has 0 aliphatic carbocycles. The highest BCUT2D eigenvalue weighted by Crippen LogP contribution is 2.20. The van der Waals surface area contributed by atoms with Crippen LogP contribution in [0.15, 0.2) is 12.3 Å². The summed E-state index contributed by atoms with van der Waals surface area (Å²) in [6.07, 6.45) is 2.21. The van der Waals surface area contributed by atoms with Crippen molar-refractivity contribution >= 4 is 17.3 Å². The molecule has 0 unspecified atom stereocenters. The van der Waals surface area contributed by atoms with Gasteiger partial charge in [-0.05, 0) is 13.8 Å². The van der Waals surface area contributed by atoms with Crippen LogP contribution in [0.3, 0.4) is 0 Å². The maximum Gasteiger partial charge on any atom is 0.153 e. The molecule has 2 atom stereocenters. The molecule has 2 rings (SSSR count). The molecule has 5 heteroatoms. The molecule has 1 aromatic rings. The van der Waals surface area contributed by atoms with Crippen LogP contribution in [0.25, 0.3) is 0 Å². The molecule has 0 aromatic carbocycles. The SMILES string of the molecule is C[C@@H]1CN(c2cnnc(Cl)c2)C[C@H](C)O1. The van der Waals surface area contributed by atoms with E-state index in [-0.39, 0.29) is 12.2 Å². The van der Waals surface area contributed by atoms with Crippen LogP contribution in [0.4, 0.5) is 5.69 Å². The fourth-order valence-corrected chi connectivity index (χ4v) is 2.05. The number of hydrogen-bond donors (Lipinski definition) is 0. The molecule has 0 N–H and O–H groups in total. The molecule has 0 spiro atoms. The van der Waals surface area contributed by atoms with Gasteiger partial charge in [0.05, 0.1) is 24.1 Å². The van der Waals surface area contributed by atoms with E-state index < -0.39 is 0 Å². The molecule has 4 nitrogen and oxygen atoms in total. The van der Waals surface area contributed by atoms with Crippen molar-refractivity contribution in [2.75, 3.05) is 18.0 Å². The first-order valence-electron chi connectivity index (χ1n) is 5.04. The first-order valence-corrected chi connectivity index (χ1v) is 5.41. The summed E-state index contributed by atoms with van der Waals surface area (Å²) in [5.74, 6) is 0. The van der Waals surface area contributed by atoms with Gasteiger partial charge in [-0.1, -0.05) is 11.6 Å². The molecule has 15 heavy (non-hydrogen) atoms. The summed E-state index contributed by atoms with van der Waals surface area (Å²) in [7, 11) is 0. The van der Waals surface area contributed by atoms with Gasteiger partial charge in [-0.25, -0.2) is 0 Å². The maximum atomic E-state index is 5.81. The van der Waals surface area contributed by atoms with E-state index in [1.54, 1.807) is 6.20 Å². The van der Waals surface area contributed by atoms with Crippen LogP contribution in [-0.2, 0) is 4.74 Å². The Kier molecular flexibility index (Phi) is 3.07. The van der Waals surface area contributed by atoms with E-state index >= 15 is 0 Å². The van der Waals surface area contributed by atoms with Crippen LogP contribution >= 0.6 is 11.6 Å². The number of anilines is 1. The predicted molar refractivity (Wildman–Crippen MR) is 59.3 cm³/mol. The minimum Gasteiger partial charge on any atom is -0.372 e. The summed E-state index contributed by atoms with van der Waals surface area (Å²) in [6, 6.07) is 1.83. The molecule has 1 aliphatic rings. The Balaban J connectivity index is 2.16. The topological polar surface area (TPSA) is 38.2 Å². The van der Waals surface area contributed by atoms with Gasteiger partial charge in [0, 0.05) is 19.2 Å². The van der Waals surface area contributed by atoms with Crippen LogP contribution in [0.1, 0.15) is 13.8 Å². The van der Waals surface area contributed by atoms with Crippen molar-refractivity contribution in [3.63, 3.8) is 0 Å². The zero-order valence-corrected chi connectivity index (χ0v) is 9.61. The average Bonchev–Trinajstić information content (AvgIpc) is 2.16. The quantitative estimate of drug-likeness (QED) is 0.733. The third kappa shape index (κ3) is 2.58. The molecule has 0 amide bonds. The van der Waals surface area contributed by atoms with Gasteiger partial charge in [-0.15, -0.1) is 5.10 Å². The van der Waals surface area contributed by atoms with E-state index in [0.717, 1.165) is 18.8 Å². The molecule has 82 valence electrons. The Morgan fingerprint density at radius 2 is 2.07 bits per heavy atom. The summed E-state index contributed by atoms with van der Waals surface area (Å²) in [5, 5.41) is 8.01. The van der Waals surface area contributed by atoms with Gasteiger partial charge in [-0.2, -0.15) is 5.10 Å². The van der Waals surface area contributed by atoms with Crippen molar-refractivity contribution in [2.24, 2.45) is 0 Å². The molecule has 1 aliphatic heterocycles. The summed E-state index contributed by atoms with van der Waals surface area (Å²) in [5.41, 5.74) is 1.01. The van der Waals surface area contributed by atoms with Crippen molar-refractivity contribution in [3.8, 4) is 0 Å². The Hall–Kier alpha value is -0.870. The molecule has 2 heterocycles. The molecule has 1 aromatic heterocycles. The summed E-state index contributed by atoms with van der Waals surface area (Å²) in [4.78, 5) is 2.22. The first kappa shape index (κ1) is 10.6. The molecule has 1 fully saturated rings. The third-order valence-electron chi connectivity index (χ3n) is 2.40. The standard InChI is InChI=1S/C10H14ClN3O/c1-7-5-14(6-8(2)15-7)9-3-10(11)13-12-4-9/h3-4,7-8H,5-6H2,1-2H3/t7-,8+. The number of aromatic nitrogens is 2. The lowest BCUT2D eigenvalue weighted by atomic mass is 10.2. The number of rotatable bonds is 1. The van der Waals surface area contributed by atoms with Gasteiger partial charge in [-0.3, -0.25) is 0 Å². The largest absolute Gasteiger partial charge is 0.372 e. The Morgan fingerprint density at radius 1 is 1.40 bits per heavy atom. The van der Waals surface area contributed by atoms with Gasteiger partial charge < -0.3 is 9.64 Å². The number of halogens is 1. The van der Waals surface area contributed by atoms with E-state index in [1.165, 1.54) is 0 Å². The fourth-order valence-electron chi connectivity index (χ4n) is 1.89. The lowest BCUT2D eigenvalue weighted by Crippen LogP contribution is -2.45. The van der Waals surface area contributed by atoms with E-state index in [2.05, 4.69) is 28.9 Å². The summed E-state index contributed by atoms with van der Waals surface area (Å²) >= 11 is 5.81. The van der Waals surface area contributed by atoms with E-state index in [0.29, 0.717) is 5.15 Å². The van der Waals surface area contributed by atoms with E-state index in [1.807, 2.05) is 6.07 Å². The zero-order chi connectivity index (χ0) is 10.8. The monoisotopic (exact) mass is 227 g/mol. The molecule has 0 bridgehead atoms. The minimum atomic E-state index is 0.237. The van der Waals surface area contributed by atoms with Crippen LogP contribution in [0.5, 0.6) is 0 Å². The van der Waals surface area contributed by atoms with Gasteiger partial charge in [0.2, 0.25) is 0 Å². The highest BCUT2D eigenvalue weighted by Gasteiger charge is 2.22. The predicted octanol–water partition coefficient (Wildman–Crippen LogP) is 1.74. The Bertz CT molecular complexity index is 337. The molecular weight excluding hydrogens is 214 g/mol. The van der Waals surface area contributed by atoms with Gasteiger partial charge in [0.1, 0.15) is 0 Å². The normalized spacial score (nSPS) is 26.7. The van der Waals surface area contributed by atoms with Crippen LogP contribution < -0.4 is 4.90 Å². The summed E-state index contributed by atoms with van der Waals surface area (Å²) < 4.78 is 5.66. The second kappa shape index (κ2) is 4.33. The average molecular weight is 228 g/mol. The van der Waals surface area contributed by atoms with Crippen molar-refractivity contribution in [1.29, 1.82) is 0 Å². The van der Waals surface area contributed by atoms with Gasteiger partial charge >= 0.3 is 0 Å². The van der Waals surface area contributed by atoms with Crippen molar-refractivity contribution in [3.05, 3.63) is 17.4 Å². The third-order valence-corrected chi connectivity index (χ3v) is 2.58. The minimum absolute atomic E-state index is 0.237. The molecular formula is C10H14ClN3O. The van der Waals surface area contributed by atoms with E-state index in [4.69, 9.17) is 16.3 Å². The van der Waals surface area contributed by atoms with Gasteiger partial charge in [0.15, 0.2) is 5.15 Å². The number of ether oxygens (including phenoxy) is 1. The van der Waals surface area contributed by atoms with Crippen LogP contribution in [0, 0.1) is 0 Å². The number of hydrogen-bond acceptors (Lipinski definition) is 4. The van der Waals surface area contributed by atoms with Crippen molar-refractivity contribution in [2.45, 2.75) is 26.1 Å². The fraction of sp³-hybridized carbons (Fsp3) is 0.600. The molecule has 0 saturated carbocycles. The summed E-state index contributed by atoms with van der Waals surface area (Å²) in [6.45, 7) is 5.87. The molecule has 0 radical (unpaired) electrons. The molecule has 1 saturated heterocycles. The zero-order valence-electron chi connectivity index (χ0n) is 8.85. The Morgan fingerprint density at radius 3 is 2.67 bits per heavy atom. The smallest absolute Gasteiger partial charge is 0.153 e. The second-order valence-electron chi connectivity index (χ2n) is 3.90. The number of morpholine rings is 1. The lowest BCUT2D eigenvalue weighted by Gasteiger charge is -2.36. The highest BCUT2D eigenvalue weighted by molar-refractivity contribution is 6.29. The van der Waals surface area contributed by atoms with E-state index in [9.17, 15) is 0 Å². The van der Waals surface area contributed by atoms with Crippen molar-refractivity contribution < 1.29 is 4.74 Å². The van der Waals surface area contributed by atoms with Crippen LogP contribution in [0.2, 0.25) is 5.15 Å².